The van der Waals surface area contributed by atoms with E-state index in [0.29, 0.717) is 13.1 Å². The van der Waals surface area contributed by atoms with Crippen LogP contribution in [0.25, 0.3) is 0 Å². The lowest BCUT2D eigenvalue weighted by molar-refractivity contribution is -0.157. The Morgan fingerprint density at radius 2 is 1.77 bits per heavy atom. The molecular formula is C9H17NO3. The molecule has 0 heterocycles. The first-order chi connectivity index (χ1) is 6.02. The Hall–Kier alpha value is -1.06. The molecule has 0 saturated heterocycles. The average Bonchev–Trinajstić information content (AvgIpc) is 2.05. The first-order valence-corrected chi connectivity index (χ1v) is 4.48. The van der Waals surface area contributed by atoms with Gasteiger partial charge in [0, 0.05) is 20.0 Å². The van der Waals surface area contributed by atoms with Gasteiger partial charge in [-0.1, -0.05) is 0 Å². The maximum Gasteiger partial charge on any atom is 0.303 e. The minimum atomic E-state index is -0.669. The second kappa shape index (κ2) is 5.56. The van der Waals surface area contributed by atoms with E-state index in [4.69, 9.17) is 4.74 Å². The van der Waals surface area contributed by atoms with Crippen molar-refractivity contribution in [3.63, 3.8) is 0 Å². The van der Waals surface area contributed by atoms with Crippen LogP contribution >= 0.6 is 0 Å². The number of ether oxygens (including phenoxy) is 1. The van der Waals surface area contributed by atoms with Crippen LogP contribution in [0.4, 0.5) is 0 Å². The monoisotopic (exact) mass is 187 g/mol. The molecule has 0 fully saturated rings. The van der Waals surface area contributed by atoms with Crippen LogP contribution in [0.15, 0.2) is 0 Å². The number of carbonyl (C=O) groups excluding carboxylic acids is 2. The highest BCUT2D eigenvalue weighted by Gasteiger charge is 2.19. The second-order valence-corrected chi connectivity index (χ2v) is 2.76. The van der Waals surface area contributed by atoms with Crippen molar-refractivity contribution in [1.82, 2.24) is 4.90 Å². The molecule has 0 saturated carbocycles. The quantitative estimate of drug-likeness (QED) is 0.612. The van der Waals surface area contributed by atoms with E-state index in [9.17, 15) is 9.59 Å². The molecule has 0 unspecified atom stereocenters. The molecule has 0 aliphatic rings. The number of rotatable bonds is 4. The SMILES string of the molecule is CCN(CC)C(=O)[C@H](C)OC(C)=O. The van der Waals surface area contributed by atoms with Gasteiger partial charge in [0.15, 0.2) is 6.10 Å². The van der Waals surface area contributed by atoms with E-state index in [2.05, 4.69) is 0 Å². The van der Waals surface area contributed by atoms with Gasteiger partial charge >= 0.3 is 5.97 Å². The van der Waals surface area contributed by atoms with Gasteiger partial charge in [-0.15, -0.1) is 0 Å². The van der Waals surface area contributed by atoms with Crippen LogP contribution in [0.3, 0.4) is 0 Å². The third-order valence-electron chi connectivity index (χ3n) is 1.77. The van der Waals surface area contributed by atoms with Gasteiger partial charge in [0.05, 0.1) is 0 Å². The zero-order valence-corrected chi connectivity index (χ0v) is 8.66. The lowest BCUT2D eigenvalue weighted by Crippen LogP contribution is -2.39. The van der Waals surface area contributed by atoms with E-state index in [1.54, 1.807) is 11.8 Å². The van der Waals surface area contributed by atoms with Crippen molar-refractivity contribution >= 4 is 11.9 Å². The molecule has 0 aromatic heterocycles. The van der Waals surface area contributed by atoms with Crippen molar-refractivity contribution in [2.45, 2.75) is 33.8 Å². The Morgan fingerprint density at radius 1 is 1.31 bits per heavy atom. The van der Waals surface area contributed by atoms with Crippen LogP contribution in [0.1, 0.15) is 27.7 Å². The standard InChI is InChI=1S/C9H17NO3/c1-5-10(6-2)9(12)7(3)13-8(4)11/h7H,5-6H2,1-4H3/t7-/m0/s1. The fourth-order valence-corrected chi connectivity index (χ4v) is 1.09. The Morgan fingerprint density at radius 3 is 2.08 bits per heavy atom. The number of likely N-dealkylation sites (N-methyl/N-ethyl adjacent to an activating group) is 1. The summed E-state index contributed by atoms with van der Waals surface area (Å²) in [5.41, 5.74) is 0. The number of carbonyl (C=O) groups is 2. The summed E-state index contributed by atoms with van der Waals surface area (Å²) in [5, 5.41) is 0. The Kier molecular flexibility index (Phi) is 5.11. The molecule has 0 rings (SSSR count). The van der Waals surface area contributed by atoms with Crippen molar-refractivity contribution < 1.29 is 14.3 Å². The van der Waals surface area contributed by atoms with Gasteiger partial charge in [0.25, 0.3) is 5.91 Å². The molecule has 0 bridgehead atoms. The summed E-state index contributed by atoms with van der Waals surface area (Å²) in [4.78, 5) is 23.7. The van der Waals surface area contributed by atoms with Crippen LogP contribution in [-0.2, 0) is 14.3 Å². The van der Waals surface area contributed by atoms with Crippen molar-refractivity contribution in [2.24, 2.45) is 0 Å². The Labute approximate surface area is 78.9 Å². The molecule has 0 aromatic rings. The average molecular weight is 187 g/mol. The van der Waals surface area contributed by atoms with Gasteiger partial charge in [-0.2, -0.15) is 0 Å². The highest BCUT2D eigenvalue weighted by atomic mass is 16.5. The molecule has 4 nitrogen and oxygen atoms in total. The largest absolute Gasteiger partial charge is 0.453 e. The number of amides is 1. The van der Waals surface area contributed by atoms with Crippen LogP contribution in [-0.4, -0.2) is 36.0 Å². The number of hydrogen-bond acceptors (Lipinski definition) is 3. The van der Waals surface area contributed by atoms with Gasteiger partial charge in [-0.25, -0.2) is 0 Å². The van der Waals surface area contributed by atoms with Crippen molar-refractivity contribution in [3.8, 4) is 0 Å². The first kappa shape index (κ1) is 11.9. The molecule has 13 heavy (non-hydrogen) atoms. The predicted octanol–water partition coefficient (Wildman–Crippen LogP) is 0.806. The molecule has 0 N–H and O–H groups in total. The summed E-state index contributed by atoms with van der Waals surface area (Å²) < 4.78 is 4.77. The molecule has 1 atom stereocenters. The highest BCUT2D eigenvalue weighted by Crippen LogP contribution is 1.99. The smallest absolute Gasteiger partial charge is 0.303 e. The van der Waals surface area contributed by atoms with Gasteiger partial charge in [-0.3, -0.25) is 9.59 Å². The molecule has 76 valence electrons. The lowest BCUT2D eigenvalue weighted by atomic mass is 10.3. The minimum absolute atomic E-state index is 0.139. The number of esters is 1. The van der Waals surface area contributed by atoms with E-state index in [1.165, 1.54) is 6.92 Å². The molecule has 4 heteroatoms. The van der Waals surface area contributed by atoms with Crippen molar-refractivity contribution in [2.75, 3.05) is 13.1 Å². The summed E-state index contributed by atoms with van der Waals surface area (Å²) in [6, 6.07) is 0. The fraction of sp³-hybridized carbons (Fsp3) is 0.778. The van der Waals surface area contributed by atoms with Gasteiger partial charge in [0.1, 0.15) is 0 Å². The van der Waals surface area contributed by atoms with Gasteiger partial charge in [0.2, 0.25) is 0 Å². The van der Waals surface area contributed by atoms with Crippen LogP contribution in [0.2, 0.25) is 0 Å². The number of hydrogen-bond donors (Lipinski definition) is 0. The summed E-state index contributed by atoms with van der Waals surface area (Å²) in [7, 11) is 0. The molecule has 0 aliphatic heterocycles. The van der Waals surface area contributed by atoms with Crippen molar-refractivity contribution in [3.05, 3.63) is 0 Å². The Bertz CT molecular complexity index is 187. The highest BCUT2D eigenvalue weighted by molar-refractivity contribution is 5.82. The second-order valence-electron chi connectivity index (χ2n) is 2.76. The van der Waals surface area contributed by atoms with E-state index in [-0.39, 0.29) is 5.91 Å². The van der Waals surface area contributed by atoms with E-state index < -0.39 is 12.1 Å². The third-order valence-corrected chi connectivity index (χ3v) is 1.77. The zero-order valence-electron chi connectivity index (χ0n) is 8.66. The molecule has 0 aromatic carbocycles. The minimum Gasteiger partial charge on any atom is -0.453 e. The Balaban J connectivity index is 4.14. The molecule has 1 amide bonds. The van der Waals surface area contributed by atoms with Gasteiger partial charge < -0.3 is 9.64 Å². The van der Waals surface area contributed by atoms with E-state index >= 15 is 0 Å². The lowest BCUT2D eigenvalue weighted by Gasteiger charge is -2.22. The third kappa shape index (κ3) is 3.92. The summed E-state index contributed by atoms with van der Waals surface area (Å²) in [6.45, 7) is 7.94. The van der Waals surface area contributed by atoms with Crippen LogP contribution in [0.5, 0.6) is 0 Å². The first-order valence-electron chi connectivity index (χ1n) is 4.48. The topological polar surface area (TPSA) is 46.6 Å². The zero-order chi connectivity index (χ0) is 10.4. The van der Waals surface area contributed by atoms with Crippen LogP contribution in [0, 0.1) is 0 Å². The molecule has 0 spiro atoms. The summed E-state index contributed by atoms with van der Waals surface area (Å²) in [6.07, 6.45) is -0.669. The van der Waals surface area contributed by atoms with Gasteiger partial charge in [-0.05, 0) is 20.8 Å². The predicted molar refractivity (Wildman–Crippen MR) is 49.2 cm³/mol. The summed E-state index contributed by atoms with van der Waals surface area (Å²) in [5.74, 6) is -0.562. The summed E-state index contributed by atoms with van der Waals surface area (Å²) >= 11 is 0. The van der Waals surface area contributed by atoms with Crippen molar-refractivity contribution in [1.29, 1.82) is 0 Å². The van der Waals surface area contributed by atoms with Crippen LogP contribution < -0.4 is 0 Å². The van der Waals surface area contributed by atoms with E-state index in [0.717, 1.165) is 0 Å². The van der Waals surface area contributed by atoms with E-state index in [1.807, 2.05) is 13.8 Å². The maximum atomic E-state index is 11.5. The molecule has 0 radical (unpaired) electrons. The number of nitrogens with zero attached hydrogens (tertiary/aromatic N) is 1. The molecular weight excluding hydrogens is 170 g/mol. The fourth-order valence-electron chi connectivity index (χ4n) is 1.09. The maximum absolute atomic E-state index is 11.5. The normalized spacial score (nSPS) is 12.0. The molecule has 0 aliphatic carbocycles.